The molecular weight excluding hydrogens is 222 g/mol. The van der Waals surface area contributed by atoms with Gasteiger partial charge in [0.1, 0.15) is 0 Å². The minimum atomic E-state index is -0.861. The number of amides is 1. The molecule has 2 unspecified atom stereocenters. The summed E-state index contributed by atoms with van der Waals surface area (Å²) in [7, 11) is 0. The number of aliphatic carboxylic acids is 1. The van der Waals surface area contributed by atoms with Crippen LogP contribution in [0, 0.1) is 11.8 Å². The molecule has 17 heavy (non-hydrogen) atoms. The molecule has 5 nitrogen and oxygen atoms in total. The van der Waals surface area contributed by atoms with Crippen molar-refractivity contribution in [1.82, 2.24) is 4.90 Å². The topological polar surface area (TPSA) is 77.8 Å². The van der Waals surface area contributed by atoms with E-state index in [4.69, 9.17) is 5.11 Å². The van der Waals surface area contributed by atoms with E-state index >= 15 is 0 Å². The molecule has 0 bridgehead atoms. The first kappa shape index (κ1) is 12.4. The van der Waals surface area contributed by atoms with E-state index in [1.807, 2.05) is 0 Å². The fourth-order valence-electron chi connectivity index (χ4n) is 3.08. The zero-order valence-corrected chi connectivity index (χ0v) is 9.84. The number of carbonyl (C=O) groups excluding carboxylic acids is 1. The fourth-order valence-corrected chi connectivity index (χ4v) is 3.08. The summed E-state index contributed by atoms with van der Waals surface area (Å²) in [5.74, 6) is -1.82. The number of nitrogens with zero attached hydrogens (tertiary/aromatic N) is 1. The Kier molecular flexibility index (Phi) is 3.66. The number of aliphatic hydroxyl groups is 1. The largest absolute Gasteiger partial charge is 0.481 e. The molecule has 0 radical (unpaired) electrons. The van der Waals surface area contributed by atoms with Gasteiger partial charge in [-0.05, 0) is 25.7 Å². The summed E-state index contributed by atoms with van der Waals surface area (Å²) in [5.41, 5.74) is 0. The molecule has 3 atom stereocenters. The third-order valence-corrected chi connectivity index (χ3v) is 4.02. The summed E-state index contributed by atoms with van der Waals surface area (Å²) in [6.07, 6.45) is 3.81. The second kappa shape index (κ2) is 5.04. The van der Waals surface area contributed by atoms with E-state index < -0.39 is 11.9 Å². The summed E-state index contributed by atoms with van der Waals surface area (Å²) < 4.78 is 0. The maximum absolute atomic E-state index is 12.3. The van der Waals surface area contributed by atoms with Crippen LogP contribution < -0.4 is 0 Å². The van der Waals surface area contributed by atoms with Gasteiger partial charge in [0.15, 0.2) is 0 Å². The van der Waals surface area contributed by atoms with E-state index in [0.29, 0.717) is 19.4 Å². The zero-order valence-electron chi connectivity index (χ0n) is 9.84. The van der Waals surface area contributed by atoms with E-state index in [2.05, 4.69) is 0 Å². The SMILES string of the molecule is O=C(O)C1CCCC1C(=O)N1CCC[C@H]1CO. The van der Waals surface area contributed by atoms with E-state index in [-0.39, 0.29) is 24.5 Å². The van der Waals surface area contributed by atoms with Crippen molar-refractivity contribution in [3.8, 4) is 0 Å². The molecule has 1 aliphatic carbocycles. The predicted molar refractivity (Wildman–Crippen MR) is 60.3 cm³/mol. The maximum Gasteiger partial charge on any atom is 0.307 e. The normalized spacial score (nSPS) is 33.0. The van der Waals surface area contributed by atoms with Gasteiger partial charge in [-0.25, -0.2) is 0 Å². The Hall–Kier alpha value is -1.10. The highest BCUT2D eigenvalue weighted by Crippen LogP contribution is 2.35. The molecule has 0 aromatic heterocycles. The number of carboxylic acids is 1. The first-order chi connectivity index (χ1) is 8.15. The van der Waals surface area contributed by atoms with Gasteiger partial charge in [0.25, 0.3) is 0 Å². The van der Waals surface area contributed by atoms with Gasteiger partial charge in [0.2, 0.25) is 5.91 Å². The van der Waals surface area contributed by atoms with Crippen molar-refractivity contribution >= 4 is 11.9 Å². The average Bonchev–Trinajstić information content (AvgIpc) is 2.96. The molecule has 5 heteroatoms. The molecular formula is C12H19NO4. The second-order valence-electron chi connectivity index (χ2n) is 4.99. The van der Waals surface area contributed by atoms with Gasteiger partial charge in [0.05, 0.1) is 24.5 Å². The number of rotatable bonds is 3. The van der Waals surface area contributed by atoms with Crippen molar-refractivity contribution in [2.45, 2.75) is 38.1 Å². The molecule has 0 aromatic rings. The van der Waals surface area contributed by atoms with Crippen molar-refractivity contribution in [2.24, 2.45) is 11.8 Å². The Balaban J connectivity index is 2.06. The molecule has 0 spiro atoms. The lowest BCUT2D eigenvalue weighted by Gasteiger charge is -2.27. The lowest BCUT2D eigenvalue weighted by atomic mass is 9.94. The molecule has 2 aliphatic rings. The number of likely N-dealkylation sites (tertiary alicyclic amines) is 1. The monoisotopic (exact) mass is 241 g/mol. The Labute approximate surface area is 100 Å². The van der Waals surface area contributed by atoms with Crippen molar-refractivity contribution in [3.05, 3.63) is 0 Å². The number of aliphatic hydroxyl groups excluding tert-OH is 1. The Morgan fingerprint density at radius 1 is 1.12 bits per heavy atom. The minimum absolute atomic E-state index is 0.0177. The average molecular weight is 241 g/mol. The van der Waals surface area contributed by atoms with Crippen LogP contribution in [0.4, 0.5) is 0 Å². The Morgan fingerprint density at radius 2 is 1.82 bits per heavy atom. The highest BCUT2D eigenvalue weighted by molar-refractivity contribution is 5.85. The van der Waals surface area contributed by atoms with Gasteiger partial charge in [-0.15, -0.1) is 0 Å². The highest BCUT2D eigenvalue weighted by Gasteiger charge is 2.42. The summed E-state index contributed by atoms with van der Waals surface area (Å²) >= 11 is 0. The first-order valence-corrected chi connectivity index (χ1v) is 6.29. The molecule has 2 fully saturated rings. The molecule has 1 saturated heterocycles. The van der Waals surface area contributed by atoms with Crippen molar-refractivity contribution in [1.29, 1.82) is 0 Å². The fraction of sp³-hybridized carbons (Fsp3) is 0.833. The van der Waals surface area contributed by atoms with Gasteiger partial charge in [-0.3, -0.25) is 9.59 Å². The second-order valence-corrected chi connectivity index (χ2v) is 4.99. The van der Waals surface area contributed by atoms with Crippen molar-refractivity contribution in [2.75, 3.05) is 13.2 Å². The van der Waals surface area contributed by atoms with Gasteiger partial charge in [-0.1, -0.05) is 6.42 Å². The van der Waals surface area contributed by atoms with E-state index in [0.717, 1.165) is 19.3 Å². The van der Waals surface area contributed by atoms with Gasteiger partial charge < -0.3 is 15.1 Å². The standard InChI is InChI=1S/C12H19NO4/c14-7-8-3-2-6-13(8)11(15)9-4-1-5-10(9)12(16)17/h8-10,14H,1-7H2,(H,16,17)/t8-,9?,10?/m0/s1. The Bertz CT molecular complexity index is 318. The molecule has 1 heterocycles. The van der Waals surface area contributed by atoms with E-state index in [1.54, 1.807) is 4.90 Å². The molecule has 2 rings (SSSR count). The van der Waals surface area contributed by atoms with Crippen molar-refractivity contribution in [3.63, 3.8) is 0 Å². The van der Waals surface area contributed by atoms with Crippen LogP contribution in [0.5, 0.6) is 0 Å². The highest BCUT2D eigenvalue weighted by atomic mass is 16.4. The van der Waals surface area contributed by atoms with Crippen LogP contribution in [-0.4, -0.2) is 46.2 Å². The third-order valence-electron chi connectivity index (χ3n) is 4.02. The Morgan fingerprint density at radius 3 is 2.47 bits per heavy atom. The molecule has 96 valence electrons. The quantitative estimate of drug-likeness (QED) is 0.753. The van der Waals surface area contributed by atoms with Crippen LogP contribution in [0.3, 0.4) is 0 Å². The zero-order chi connectivity index (χ0) is 12.4. The van der Waals surface area contributed by atoms with Crippen LogP contribution in [0.1, 0.15) is 32.1 Å². The molecule has 1 amide bonds. The summed E-state index contributed by atoms with van der Waals surface area (Å²) in [5, 5.41) is 18.3. The van der Waals surface area contributed by atoms with Crippen molar-refractivity contribution < 1.29 is 19.8 Å². The summed E-state index contributed by atoms with van der Waals surface area (Å²) in [6.45, 7) is 0.642. The van der Waals surface area contributed by atoms with E-state index in [9.17, 15) is 14.7 Å². The number of hydrogen-bond acceptors (Lipinski definition) is 3. The van der Waals surface area contributed by atoms with Gasteiger partial charge in [0, 0.05) is 6.54 Å². The van der Waals surface area contributed by atoms with Crippen LogP contribution in [0.25, 0.3) is 0 Å². The van der Waals surface area contributed by atoms with Crippen LogP contribution >= 0.6 is 0 Å². The summed E-state index contributed by atoms with van der Waals surface area (Å²) in [6, 6.07) is -0.0995. The molecule has 1 saturated carbocycles. The number of carboxylic acid groups (broad SMARTS) is 1. The number of carbonyl (C=O) groups is 2. The molecule has 1 aliphatic heterocycles. The first-order valence-electron chi connectivity index (χ1n) is 6.29. The molecule has 0 aromatic carbocycles. The van der Waals surface area contributed by atoms with Crippen LogP contribution in [0.2, 0.25) is 0 Å². The van der Waals surface area contributed by atoms with E-state index in [1.165, 1.54) is 0 Å². The van der Waals surface area contributed by atoms with Gasteiger partial charge >= 0.3 is 5.97 Å². The predicted octanol–water partition coefficient (Wildman–Crippen LogP) is 0.471. The third kappa shape index (κ3) is 2.29. The molecule has 2 N–H and O–H groups in total. The van der Waals surface area contributed by atoms with Gasteiger partial charge in [-0.2, -0.15) is 0 Å². The maximum atomic E-state index is 12.3. The lowest BCUT2D eigenvalue weighted by molar-refractivity contribution is -0.149. The lowest BCUT2D eigenvalue weighted by Crippen LogP contribution is -2.43. The minimum Gasteiger partial charge on any atom is -0.481 e. The van der Waals surface area contributed by atoms with Crippen LogP contribution in [-0.2, 0) is 9.59 Å². The summed E-state index contributed by atoms with van der Waals surface area (Å²) in [4.78, 5) is 25.0. The smallest absolute Gasteiger partial charge is 0.307 e. The van der Waals surface area contributed by atoms with Crippen LogP contribution in [0.15, 0.2) is 0 Å². The number of hydrogen-bond donors (Lipinski definition) is 2.